The number of hydrogen-bond acceptors (Lipinski definition) is 5. The standard InChI is InChI=1S/C15H14N4O2S/c1-9-7-8-16-14(17-9)19-13(21)15(2)12(20)18-10-5-3-4-6-11(10)22-15/h3-8H,1-2H3,(H,18,20)(H,16,17,19,21). The van der Waals surface area contributed by atoms with Crippen LogP contribution in [0.3, 0.4) is 0 Å². The summed E-state index contributed by atoms with van der Waals surface area (Å²) in [5.74, 6) is -0.616. The van der Waals surface area contributed by atoms with E-state index in [9.17, 15) is 9.59 Å². The lowest BCUT2D eigenvalue weighted by Crippen LogP contribution is -2.49. The number of nitrogens with one attached hydrogen (secondary N) is 2. The summed E-state index contributed by atoms with van der Waals surface area (Å²) in [7, 11) is 0. The molecule has 0 radical (unpaired) electrons. The molecule has 1 unspecified atom stereocenters. The third kappa shape index (κ3) is 2.55. The summed E-state index contributed by atoms with van der Waals surface area (Å²) in [5.41, 5.74) is 1.45. The van der Waals surface area contributed by atoms with E-state index in [0.29, 0.717) is 0 Å². The largest absolute Gasteiger partial charge is 0.323 e. The minimum absolute atomic E-state index is 0.193. The van der Waals surface area contributed by atoms with Gasteiger partial charge < -0.3 is 5.32 Å². The maximum Gasteiger partial charge on any atom is 0.252 e. The maximum atomic E-state index is 12.5. The van der Waals surface area contributed by atoms with E-state index in [4.69, 9.17) is 0 Å². The van der Waals surface area contributed by atoms with Gasteiger partial charge in [-0.25, -0.2) is 9.97 Å². The van der Waals surface area contributed by atoms with E-state index in [-0.39, 0.29) is 11.9 Å². The summed E-state index contributed by atoms with van der Waals surface area (Å²) in [5, 5.41) is 5.38. The van der Waals surface area contributed by atoms with E-state index in [1.54, 1.807) is 32.2 Å². The van der Waals surface area contributed by atoms with Crippen LogP contribution in [0.15, 0.2) is 41.4 Å². The van der Waals surface area contributed by atoms with Crippen molar-refractivity contribution >= 4 is 35.2 Å². The van der Waals surface area contributed by atoms with Crippen LogP contribution < -0.4 is 10.6 Å². The van der Waals surface area contributed by atoms with E-state index >= 15 is 0 Å². The van der Waals surface area contributed by atoms with E-state index in [2.05, 4.69) is 20.6 Å². The Labute approximate surface area is 131 Å². The van der Waals surface area contributed by atoms with Crippen LogP contribution >= 0.6 is 11.8 Å². The molecule has 0 aliphatic carbocycles. The number of aryl methyl sites for hydroxylation is 1. The fourth-order valence-corrected chi connectivity index (χ4v) is 3.15. The van der Waals surface area contributed by atoms with Gasteiger partial charge in [-0.2, -0.15) is 0 Å². The van der Waals surface area contributed by atoms with Crippen molar-refractivity contribution in [3.8, 4) is 0 Å². The molecule has 6 nitrogen and oxygen atoms in total. The van der Waals surface area contributed by atoms with E-state index in [0.717, 1.165) is 16.3 Å². The maximum absolute atomic E-state index is 12.5. The highest BCUT2D eigenvalue weighted by Crippen LogP contribution is 2.42. The SMILES string of the molecule is Cc1ccnc(NC(=O)C2(C)Sc3ccccc3NC2=O)n1. The Hall–Kier alpha value is -2.41. The summed E-state index contributed by atoms with van der Waals surface area (Å²) < 4.78 is -1.28. The first-order chi connectivity index (χ1) is 10.5. The Balaban J connectivity index is 1.87. The molecule has 1 aromatic heterocycles. The number of amides is 2. The van der Waals surface area contributed by atoms with Crippen molar-refractivity contribution in [2.45, 2.75) is 23.5 Å². The first-order valence-corrected chi connectivity index (χ1v) is 7.51. The van der Waals surface area contributed by atoms with Crippen molar-refractivity contribution in [3.05, 3.63) is 42.2 Å². The number of anilines is 2. The minimum Gasteiger partial charge on any atom is -0.323 e. The number of fused-ring (bicyclic) bond motifs is 1. The van der Waals surface area contributed by atoms with Crippen LogP contribution in [0.5, 0.6) is 0 Å². The topological polar surface area (TPSA) is 84.0 Å². The molecule has 0 fully saturated rings. The molecule has 1 aliphatic rings. The molecule has 112 valence electrons. The van der Waals surface area contributed by atoms with Gasteiger partial charge >= 0.3 is 0 Å². The number of rotatable bonds is 2. The lowest BCUT2D eigenvalue weighted by atomic mass is 10.1. The van der Waals surface area contributed by atoms with Gasteiger partial charge in [-0.1, -0.05) is 23.9 Å². The quantitative estimate of drug-likeness (QED) is 0.830. The fraction of sp³-hybridized carbons (Fsp3) is 0.200. The summed E-state index contributed by atoms with van der Waals surface area (Å²) in [6, 6.07) is 9.11. The zero-order chi connectivity index (χ0) is 15.7. The number of carbonyl (C=O) groups is 2. The van der Waals surface area contributed by atoms with E-state index in [1.165, 1.54) is 11.8 Å². The molecule has 0 saturated heterocycles. The van der Waals surface area contributed by atoms with Gasteiger partial charge in [0.05, 0.1) is 5.69 Å². The van der Waals surface area contributed by atoms with Crippen LogP contribution in [-0.4, -0.2) is 26.5 Å². The van der Waals surface area contributed by atoms with E-state index in [1.807, 2.05) is 18.2 Å². The molecule has 0 saturated carbocycles. The molecule has 3 rings (SSSR count). The normalized spacial score (nSPS) is 20.0. The lowest BCUT2D eigenvalue weighted by molar-refractivity contribution is -0.126. The molecule has 2 amide bonds. The highest BCUT2D eigenvalue weighted by Gasteiger charge is 2.46. The Morgan fingerprint density at radius 1 is 1.32 bits per heavy atom. The average Bonchev–Trinajstić information content (AvgIpc) is 2.48. The van der Waals surface area contributed by atoms with Crippen LogP contribution in [0.1, 0.15) is 12.6 Å². The smallest absolute Gasteiger partial charge is 0.252 e. The van der Waals surface area contributed by atoms with Crippen molar-refractivity contribution in [1.82, 2.24) is 9.97 Å². The molecule has 0 spiro atoms. The molecule has 1 aromatic carbocycles. The average molecular weight is 314 g/mol. The minimum atomic E-state index is -1.28. The predicted molar refractivity (Wildman–Crippen MR) is 84.7 cm³/mol. The number of hydrogen-bond donors (Lipinski definition) is 2. The van der Waals surface area contributed by atoms with Crippen molar-refractivity contribution in [2.75, 3.05) is 10.6 Å². The summed E-state index contributed by atoms with van der Waals surface area (Å²) in [4.78, 5) is 33.9. The Morgan fingerprint density at radius 2 is 2.09 bits per heavy atom. The number of benzene rings is 1. The zero-order valence-corrected chi connectivity index (χ0v) is 12.9. The van der Waals surface area contributed by atoms with Crippen molar-refractivity contribution < 1.29 is 9.59 Å². The Morgan fingerprint density at radius 3 is 2.86 bits per heavy atom. The molecule has 2 heterocycles. The van der Waals surface area contributed by atoms with Crippen molar-refractivity contribution in [2.24, 2.45) is 0 Å². The molecule has 0 bridgehead atoms. The van der Waals surface area contributed by atoms with Crippen LogP contribution in [0, 0.1) is 6.92 Å². The van der Waals surface area contributed by atoms with Gasteiger partial charge in [0.2, 0.25) is 11.9 Å². The summed E-state index contributed by atoms with van der Waals surface area (Å²) in [6.07, 6.45) is 1.56. The van der Waals surface area contributed by atoms with Crippen molar-refractivity contribution in [3.63, 3.8) is 0 Å². The first-order valence-electron chi connectivity index (χ1n) is 6.69. The van der Waals surface area contributed by atoms with Gasteiger partial charge in [-0.05, 0) is 32.0 Å². The van der Waals surface area contributed by atoms with Gasteiger partial charge in [-0.15, -0.1) is 0 Å². The van der Waals surface area contributed by atoms with Crippen molar-refractivity contribution in [1.29, 1.82) is 0 Å². The summed E-state index contributed by atoms with van der Waals surface area (Å²) >= 11 is 1.22. The van der Waals surface area contributed by atoms with Crippen LogP contribution in [0.25, 0.3) is 0 Å². The summed E-state index contributed by atoms with van der Waals surface area (Å²) in [6.45, 7) is 3.39. The second kappa shape index (κ2) is 5.42. The lowest BCUT2D eigenvalue weighted by Gasteiger charge is -2.31. The number of carbonyl (C=O) groups excluding carboxylic acids is 2. The molecule has 2 aromatic rings. The van der Waals surface area contributed by atoms with Crippen LogP contribution in [0.4, 0.5) is 11.6 Å². The first kappa shape index (κ1) is 14.5. The predicted octanol–water partition coefficient (Wildman–Crippen LogP) is 2.23. The number of aromatic nitrogens is 2. The molecular formula is C15H14N4O2S. The van der Waals surface area contributed by atoms with Gasteiger partial charge in [0.15, 0.2) is 4.75 Å². The monoisotopic (exact) mass is 314 g/mol. The van der Waals surface area contributed by atoms with Gasteiger partial charge in [0.1, 0.15) is 0 Å². The van der Waals surface area contributed by atoms with Gasteiger partial charge in [0, 0.05) is 16.8 Å². The van der Waals surface area contributed by atoms with Gasteiger partial charge in [0.25, 0.3) is 5.91 Å². The number of nitrogens with zero attached hydrogens (tertiary/aromatic N) is 2. The third-order valence-electron chi connectivity index (χ3n) is 3.34. The molecule has 1 aliphatic heterocycles. The molecule has 2 N–H and O–H groups in total. The van der Waals surface area contributed by atoms with Crippen LogP contribution in [-0.2, 0) is 9.59 Å². The fourth-order valence-electron chi connectivity index (χ4n) is 2.05. The zero-order valence-electron chi connectivity index (χ0n) is 12.1. The second-order valence-electron chi connectivity index (χ2n) is 5.06. The number of para-hydroxylation sites is 1. The molecule has 22 heavy (non-hydrogen) atoms. The molecule has 7 heteroatoms. The third-order valence-corrected chi connectivity index (χ3v) is 4.69. The highest BCUT2D eigenvalue weighted by molar-refractivity contribution is 8.02. The molecule has 1 atom stereocenters. The van der Waals surface area contributed by atoms with Crippen LogP contribution in [0.2, 0.25) is 0 Å². The van der Waals surface area contributed by atoms with E-state index < -0.39 is 10.7 Å². The highest BCUT2D eigenvalue weighted by atomic mass is 32.2. The number of thioether (sulfide) groups is 1. The molecular weight excluding hydrogens is 300 g/mol. The second-order valence-corrected chi connectivity index (χ2v) is 6.52. The van der Waals surface area contributed by atoms with Gasteiger partial charge in [-0.3, -0.25) is 14.9 Å². The Bertz CT molecular complexity index is 765. The Kier molecular flexibility index (Phi) is 3.58.